The third-order valence-electron chi connectivity index (χ3n) is 4.17. The lowest BCUT2D eigenvalue weighted by Crippen LogP contribution is -2.37. The maximum absolute atomic E-state index is 12.4. The van der Waals surface area contributed by atoms with Crippen LogP contribution in [0.1, 0.15) is 24.8 Å². The van der Waals surface area contributed by atoms with E-state index in [2.05, 4.69) is 15.5 Å². The molecule has 1 heterocycles. The highest BCUT2D eigenvalue weighted by Gasteiger charge is 2.19. The third kappa shape index (κ3) is 4.88. The van der Waals surface area contributed by atoms with Crippen LogP contribution in [0, 0.1) is 6.92 Å². The molecule has 2 aromatic carbocycles. The van der Waals surface area contributed by atoms with Crippen molar-refractivity contribution < 1.29 is 18.8 Å². The van der Waals surface area contributed by atoms with Gasteiger partial charge in [0.2, 0.25) is 11.7 Å². The minimum Gasteiger partial charge on any atom is -0.497 e. The van der Waals surface area contributed by atoms with E-state index in [4.69, 9.17) is 14.0 Å². The number of hydrogen-bond acceptors (Lipinski definition) is 6. The molecule has 3 rings (SSSR count). The Labute approximate surface area is 163 Å². The molecule has 1 unspecified atom stereocenters. The van der Waals surface area contributed by atoms with E-state index < -0.39 is 6.10 Å². The summed E-state index contributed by atoms with van der Waals surface area (Å²) < 4.78 is 16.2. The fourth-order valence-corrected chi connectivity index (χ4v) is 2.59. The molecule has 0 aliphatic heterocycles. The number of carbonyl (C=O) groups is 1. The quantitative estimate of drug-likeness (QED) is 0.642. The minimum atomic E-state index is -0.594. The highest BCUT2D eigenvalue weighted by Crippen LogP contribution is 2.21. The summed E-state index contributed by atoms with van der Waals surface area (Å²) in [7, 11) is 1.60. The van der Waals surface area contributed by atoms with Crippen molar-refractivity contribution in [1.82, 2.24) is 15.5 Å². The van der Waals surface area contributed by atoms with Crippen LogP contribution in [0.4, 0.5) is 0 Å². The predicted octanol–water partition coefficient (Wildman–Crippen LogP) is 3.53. The van der Waals surface area contributed by atoms with Gasteiger partial charge in [-0.2, -0.15) is 4.98 Å². The highest BCUT2D eigenvalue weighted by molar-refractivity contribution is 5.81. The Morgan fingerprint density at radius 3 is 2.68 bits per heavy atom. The van der Waals surface area contributed by atoms with Crippen LogP contribution < -0.4 is 14.8 Å². The number of amides is 1. The lowest BCUT2D eigenvalue weighted by Gasteiger charge is -2.16. The second-order valence-corrected chi connectivity index (χ2v) is 6.29. The average Bonchev–Trinajstić information content (AvgIpc) is 3.21. The summed E-state index contributed by atoms with van der Waals surface area (Å²) in [5, 5.41) is 6.74. The summed E-state index contributed by atoms with van der Waals surface area (Å²) in [5.41, 5.74) is 1.91. The molecule has 1 aromatic heterocycles. The largest absolute Gasteiger partial charge is 0.497 e. The Balaban J connectivity index is 1.59. The molecule has 0 aliphatic carbocycles. The van der Waals surface area contributed by atoms with Gasteiger partial charge >= 0.3 is 0 Å². The molecule has 0 aliphatic rings. The Hall–Kier alpha value is -3.35. The molecule has 0 fully saturated rings. The van der Waals surface area contributed by atoms with Crippen molar-refractivity contribution in [2.24, 2.45) is 0 Å². The zero-order chi connectivity index (χ0) is 19.9. The molecule has 146 valence electrons. The minimum absolute atomic E-state index is 0.129. The lowest BCUT2D eigenvalue weighted by molar-refractivity contribution is -0.128. The lowest BCUT2D eigenvalue weighted by atomic mass is 10.2. The summed E-state index contributed by atoms with van der Waals surface area (Å²) in [6.07, 6.45) is -0.0537. The number of carbonyl (C=O) groups excluding carboxylic acids is 1. The maximum Gasteiger partial charge on any atom is 0.261 e. The number of nitrogens with zero attached hydrogens (tertiary/aromatic N) is 2. The molecule has 7 heteroatoms. The highest BCUT2D eigenvalue weighted by atomic mass is 16.5. The van der Waals surface area contributed by atoms with Crippen molar-refractivity contribution in [2.75, 3.05) is 7.11 Å². The van der Waals surface area contributed by atoms with Gasteiger partial charge in [0.1, 0.15) is 11.5 Å². The van der Waals surface area contributed by atoms with Gasteiger partial charge in [0.25, 0.3) is 5.91 Å². The van der Waals surface area contributed by atoms with Crippen LogP contribution in [-0.2, 0) is 11.3 Å². The number of rotatable bonds is 8. The molecule has 1 N–H and O–H groups in total. The molecule has 0 radical (unpaired) electrons. The summed E-state index contributed by atoms with van der Waals surface area (Å²) in [6.45, 7) is 4.02. The molecule has 28 heavy (non-hydrogen) atoms. The van der Waals surface area contributed by atoms with Crippen molar-refractivity contribution in [3.8, 4) is 22.9 Å². The van der Waals surface area contributed by atoms with E-state index in [9.17, 15) is 4.79 Å². The van der Waals surface area contributed by atoms with E-state index in [-0.39, 0.29) is 12.5 Å². The fraction of sp³-hybridized carbons (Fsp3) is 0.286. The summed E-state index contributed by atoms with van der Waals surface area (Å²) in [6, 6.07) is 14.9. The maximum atomic E-state index is 12.4. The van der Waals surface area contributed by atoms with Crippen LogP contribution in [0.2, 0.25) is 0 Å². The second-order valence-electron chi connectivity index (χ2n) is 6.29. The Morgan fingerprint density at radius 2 is 1.96 bits per heavy atom. The van der Waals surface area contributed by atoms with Gasteiger partial charge in [-0.25, -0.2) is 0 Å². The molecular weight excluding hydrogens is 358 g/mol. The molecule has 0 saturated carbocycles. The van der Waals surface area contributed by atoms with E-state index >= 15 is 0 Å². The van der Waals surface area contributed by atoms with Crippen molar-refractivity contribution in [3.63, 3.8) is 0 Å². The molecule has 1 atom stereocenters. The molecule has 7 nitrogen and oxygen atoms in total. The Bertz CT molecular complexity index is 921. The first-order chi connectivity index (χ1) is 13.6. The molecule has 0 bridgehead atoms. The van der Waals surface area contributed by atoms with Gasteiger partial charge in [0.15, 0.2) is 6.10 Å². The summed E-state index contributed by atoms with van der Waals surface area (Å²) >= 11 is 0. The monoisotopic (exact) mass is 381 g/mol. The Morgan fingerprint density at radius 1 is 1.18 bits per heavy atom. The Kier molecular flexibility index (Phi) is 6.26. The van der Waals surface area contributed by atoms with Gasteiger partial charge in [0, 0.05) is 5.56 Å². The first-order valence-electron chi connectivity index (χ1n) is 9.07. The van der Waals surface area contributed by atoms with Crippen LogP contribution in [0.5, 0.6) is 11.5 Å². The standard InChI is InChI=1S/C21H23N3O4/c1-4-18(27-16-10-8-14(2)9-11-16)21(25)22-13-19-23-20(24-28-19)15-6-5-7-17(12-15)26-3/h5-12,18H,4,13H2,1-3H3,(H,22,25). The number of aromatic nitrogens is 2. The van der Waals surface area contributed by atoms with Crippen LogP contribution >= 0.6 is 0 Å². The predicted molar refractivity (Wildman–Crippen MR) is 104 cm³/mol. The summed E-state index contributed by atoms with van der Waals surface area (Å²) in [4.78, 5) is 16.8. The van der Waals surface area contributed by atoms with Crippen molar-refractivity contribution >= 4 is 5.91 Å². The van der Waals surface area contributed by atoms with Crippen molar-refractivity contribution in [3.05, 3.63) is 60.0 Å². The number of methoxy groups -OCH3 is 1. The van der Waals surface area contributed by atoms with Crippen LogP contribution in [-0.4, -0.2) is 29.3 Å². The number of ether oxygens (including phenoxy) is 2. The van der Waals surface area contributed by atoms with Crippen molar-refractivity contribution in [1.29, 1.82) is 0 Å². The third-order valence-corrected chi connectivity index (χ3v) is 4.17. The van der Waals surface area contributed by atoms with Crippen molar-refractivity contribution in [2.45, 2.75) is 32.9 Å². The van der Waals surface area contributed by atoms with E-state index in [1.807, 2.05) is 62.4 Å². The van der Waals surface area contributed by atoms with Crippen LogP contribution in [0.25, 0.3) is 11.4 Å². The van der Waals surface area contributed by atoms with E-state index in [0.29, 0.717) is 29.6 Å². The zero-order valence-corrected chi connectivity index (χ0v) is 16.1. The molecule has 1 amide bonds. The topological polar surface area (TPSA) is 86.5 Å². The normalized spacial score (nSPS) is 11.7. The smallest absolute Gasteiger partial charge is 0.261 e. The molecule has 0 spiro atoms. The zero-order valence-electron chi connectivity index (χ0n) is 16.1. The first-order valence-corrected chi connectivity index (χ1v) is 9.07. The van der Waals surface area contributed by atoms with Gasteiger partial charge in [0.05, 0.1) is 13.7 Å². The SMILES string of the molecule is CCC(Oc1ccc(C)cc1)C(=O)NCc1nc(-c2cccc(OC)c2)no1. The average molecular weight is 381 g/mol. The van der Waals surface area contributed by atoms with E-state index in [1.165, 1.54) is 0 Å². The summed E-state index contributed by atoms with van der Waals surface area (Å²) in [5.74, 6) is 1.88. The van der Waals surface area contributed by atoms with E-state index in [0.717, 1.165) is 11.1 Å². The van der Waals surface area contributed by atoms with Gasteiger partial charge in [-0.3, -0.25) is 4.79 Å². The molecule has 0 saturated heterocycles. The van der Waals surface area contributed by atoms with Gasteiger partial charge in [-0.05, 0) is 37.6 Å². The van der Waals surface area contributed by atoms with Gasteiger partial charge in [-0.1, -0.05) is 41.9 Å². The van der Waals surface area contributed by atoms with Crippen LogP contribution in [0.3, 0.4) is 0 Å². The number of nitrogens with one attached hydrogen (secondary N) is 1. The number of aryl methyl sites for hydroxylation is 1. The number of benzene rings is 2. The second kappa shape index (κ2) is 9.03. The number of hydrogen-bond donors (Lipinski definition) is 1. The van der Waals surface area contributed by atoms with E-state index in [1.54, 1.807) is 7.11 Å². The molecular formula is C21H23N3O4. The fourth-order valence-electron chi connectivity index (χ4n) is 2.59. The molecule has 3 aromatic rings. The van der Waals surface area contributed by atoms with Gasteiger partial charge < -0.3 is 19.3 Å². The van der Waals surface area contributed by atoms with Gasteiger partial charge in [-0.15, -0.1) is 0 Å². The van der Waals surface area contributed by atoms with Crippen LogP contribution in [0.15, 0.2) is 53.1 Å². The first kappa shape index (κ1) is 19.4.